The third-order valence-corrected chi connectivity index (χ3v) is 3.48. The molecule has 0 aromatic heterocycles. The molecule has 0 aromatic rings. The second-order valence-corrected chi connectivity index (χ2v) is 4.90. The van der Waals surface area contributed by atoms with Gasteiger partial charge in [0.15, 0.2) is 5.84 Å². The van der Waals surface area contributed by atoms with Crippen LogP contribution in [0.25, 0.3) is 0 Å². The molecule has 1 aliphatic heterocycles. The summed E-state index contributed by atoms with van der Waals surface area (Å²) in [4.78, 5) is 12.3. The van der Waals surface area contributed by atoms with E-state index in [0.29, 0.717) is 39.2 Å². The van der Waals surface area contributed by atoms with Crippen LogP contribution in [0.5, 0.6) is 0 Å². The molecule has 4 N–H and O–H groups in total. The fourth-order valence-corrected chi connectivity index (χ4v) is 2.21. The number of nitrogens with one attached hydrogen (secondary N) is 1. The Hall–Kier alpha value is -1.34. The van der Waals surface area contributed by atoms with Crippen LogP contribution in [0.3, 0.4) is 0 Å². The molecule has 1 fully saturated rings. The van der Waals surface area contributed by atoms with E-state index in [-0.39, 0.29) is 11.7 Å². The van der Waals surface area contributed by atoms with Gasteiger partial charge in [-0.3, -0.25) is 4.79 Å². The van der Waals surface area contributed by atoms with Gasteiger partial charge in [-0.1, -0.05) is 12.1 Å². The number of ether oxygens (including phenoxy) is 2. The van der Waals surface area contributed by atoms with Gasteiger partial charge in [0.1, 0.15) is 5.41 Å². The van der Waals surface area contributed by atoms with Crippen LogP contribution in [0.15, 0.2) is 5.16 Å². The Kier molecular flexibility index (Phi) is 7.32. The maximum atomic E-state index is 12.3. The second-order valence-electron chi connectivity index (χ2n) is 4.90. The molecule has 0 aromatic carbocycles. The number of carbonyl (C=O) groups excluding carboxylic acids is 1. The van der Waals surface area contributed by atoms with Crippen LogP contribution in [-0.4, -0.2) is 49.9 Å². The van der Waals surface area contributed by atoms with Gasteiger partial charge in [0.2, 0.25) is 5.91 Å². The van der Waals surface area contributed by atoms with E-state index >= 15 is 0 Å². The Morgan fingerprint density at radius 2 is 2.15 bits per heavy atom. The van der Waals surface area contributed by atoms with Crippen molar-refractivity contribution in [1.82, 2.24) is 5.32 Å². The molecule has 1 amide bonds. The Labute approximate surface area is 119 Å². The summed E-state index contributed by atoms with van der Waals surface area (Å²) in [5.41, 5.74) is 4.77. The Balaban J connectivity index is 2.44. The summed E-state index contributed by atoms with van der Waals surface area (Å²) in [6, 6.07) is 0. The zero-order valence-corrected chi connectivity index (χ0v) is 12.1. The molecule has 0 aliphatic carbocycles. The summed E-state index contributed by atoms with van der Waals surface area (Å²) in [5, 5.41) is 14.8. The lowest BCUT2D eigenvalue weighted by Gasteiger charge is -2.34. The lowest BCUT2D eigenvalue weighted by molar-refractivity contribution is -0.131. The maximum Gasteiger partial charge on any atom is 0.234 e. The topological polar surface area (TPSA) is 106 Å². The first-order valence-electron chi connectivity index (χ1n) is 7.09. The van der Waals surface area contributed by atoms with Gasteiger partial charge in [-0.25, -0.2) is 0 Å². The zero-order chi connectivity index (χ0) is 14.8. The average molecular weight is 287 g/mol. The van der Waals surface area contributed by atoms with Gasteiger partial charge in [0.25, 0.3) is 0 Å². The molecule has 1 heterocycles. The minimum Gasteiger partial charge on any atom is -0.409 e. The zero-order valence-electron chi connectivity index (χ0n) is 12.1. The standard InChI is InChI=1S/C13H25N3O4/c1-2-7-19-8-3-6-15-12(17)13(11(14)16-18)4-9-20-10-5-13/h18H,2-10H2,1H3,(H2,14,16)(H,15,17). The van der Waals surface area contributed by atoms with Crippen molar-refractivity contribution in [2.45, 2.75) is 32.6 Å². The fourth-order valence-electron chi connectivity index (χ4n) is 2.21. The van der Waals surface area contributed by atoms with Crippen LogP contribution in [0.1, 0.15) is 32.6 Å². The molecule has 0 unspecified atom stereocenters. The SMILES string of the molecule is CCCOCCCNC(=O)C1(C(N)=NO)CCOCC1. The molecular formula is C13H25N3O4. The molecule has 0 bridgehead atoms. The van der Waals surface area contributed by atoms with Gasteiger partial charge in [-0.15, -0.1) is 0 Å². The monoisotopic (exact) mass is 287 g/mol. The van der Waals surface area contributed by atoms with Crippen molar-refractivity contribution in [3.63, 3.8) is 0 Å². The number of hydrogen-bond donors (Lipinski definition) is 3. The van der Waals surface area contributed by atoms with Crippen molar-refractivity contribution in [3.8, 4) is 0 Å². The molecule has 0 saturated carbocycles. The first-order chi connectivity index (χ1) is 9.67. The molecule has 20 heavy (non-hydrogen) atoms. The molecule has 1 rings (SSSR count). The second kappa shape index (κ2) is 8.76. The number of amidine groups is 1. The van der Waals surface area contributed by atoms with Crippen molar-refractivity contribution in [2.75, 3.05) is 33.0 Å². The van der Waals surface area contributed by atoms with Crippen molar-refractivity contribution in [1.29, 1.82) is 0 Å². The third kappa shape index (κ3) is 4.35. The van der Waals surface area contributed by atoms with E-state index in [4.69, 9.17) is 20.4 Å². The summed E-state index contributed by atoms with van der Waals surface area (Å²) >= 11 is 0. The van der Waals surface area contributed by atoms with Gasteiger partial charge in [-0.05, 0) is 25.7 Å². The first-order valence-corrected chi connectivity index (χ1v) is 7.09. The number of oxime groups is 1. The molecule has 1 saturated heterocycles. The van der Waals surface area contributed by atoms with Crippen LogP contribution in [0, 0.1) is 5.41 Å². The maximum absolute atomic E-state index is 12.3. The first kappa shape index (κ1) is 16.7. The van der Waals surface area contributed by atoms with E-state index in [1.54, 1.807) is 0 Å². The van der Waals surface area contributed by atoms with Gasteiger partial charge in [-0.2, -0.15) is 0 Å². The molecule has 0 spiro atoms. The average Bonchev–Trinajstić information content (AvgIpc) is 2.50. The number of nitrogens with two attached hydrogens (primary N) is 1. The molecule has 7 heteroatoms. The van der Waals surface area contributed by atoms with Crippen molar-refractivity contribution in [3.05, 3.63) is 0 Å². The molecule has 0 atom stereocenters. The van der Waals surface area contributed by atoms with Gasteiger partial charge in [0, 0.05) is 33.0 Å². The summed E-state index contributed by atoms with van der Waals surface area (Å²) in [7, 11) is 0. The van der Waals surface area contributed by atoms with E-state index in [2.05, 4.69) is 10.5 Å². The van der Waals surface area contributed by atoms with E-state index < -0.39 is 5.41 Å². The highest BCUT2D eigenvalue weighted by molar-refractivity contribution is 6.06. The lowest BCUT2D eigenvalue weighted by atomic mass is 9.78. The van der Waals surface area contributed by atoms with E-state index in [0.717, 1.165) is 19.4 Å². The minimum atomic E-state index is -0.947. The predicted molar refractivity (Wildman–Crippen MR) is 74.6 cm³/mol. The Morgan fingerprint density at radius 3 is 2.75 bits per heavy atom. The molecule has 116 valence electrons. The van der Waals surface area contributed by atoms with Crippen LogP contribution in [-0.2, 0) is 14.3 Å². The third-order valence-electron chi connectivity index (χ3n) is 3.48. The smallest absolute Gasteiger partial charge is 0.234 e. The number of carbonyl (C=O) groups is 1. The minimum absolute atomic E-state index is 0.0412. The fraction of sp³-hybridized carbons (Fsp3) is 0.846. The number of amides is 1. The quantitative estimate of drug-likeness (QED) is 0.198. The highest BCUT2D eigenvalue weighted by atomic mass is 16.5. The molecule has 0 radical (unpaired) electrons. The normalized spacial score (nSPS) is 18.8. The Bertz CT molecular complexity index is 328. The van der Waals surface area contributed by atoms with Crippen molar-refractivity contribution in [2.24, 2.45) is 16.3 Å². The number of rotatable bonds is 8. The van der Waals surface area contributed by atoms with Crippen LogP contribution >= 0.6 is 0 Å². The van der Waals surface area contributed by atoms with Gasteiger partial charge in [0.05, 0.1) is 0 Å². The predicted octanol–water partition coefficient (Wildman–Crippen LogP) is 0.463. The summed E-state index contributed by atoms with van der Waals surface area (Å²) in [6.07, 6.45) is 2.59. The van der Waals surface area contributed by atoms with E-state index in [9.17, 15) is 4.79 Å². The van der Waals surface area contributed by atoms with Gasteiger partial charge < -0.3 is 25.7 Å². The van der Waals surface area contributed by atoms with Crippen molar-refractivity contribution < 1.29 is 19.5 Å². The van der Waals surface area contributed by atoms with Crippen molar-refractivity contribution >= 4 is 11.7 Å². The van der Waals surface area contributed by atoms with Crippen LogP contribution in [0.2, 0.25) is 0 Å². The van der Waals surface area contributed by atoms with Crippen LogP contribution < -0.4 is 11.1 Å². The summed E-state index contributed by atoms with van der Waals surface area (Å²) in [6.45, 7) is 4.79. The largest absolute Gasteiger partial charge is 0.409 e. The lowest BCUT2D eigenvalue weighted by Crippen LogP contribution is -2.53. The number of nitrogens with zero attached hydrogens (tertiary/aromatic N) is 1. The highest BCUT2D eigenvalue weighted by Gasteiger charge is 2.44. The van der Waals surface area contributed by atoms with Crippen LogP contribution in [0.4, 0.5) is 0 Å². The highest BCUT2D eigenvalue weighted by Crippen LogP contribution is 2.31. The van der Waals surface area contributed by atoms with E-state index in [1.807, 2.05) is 6.92 Å². The van der Waals surface area contributed by atoms with Gasteiger partial charge >= 0.3 is 0 Å². The molecular weight excluding hydrogens is 262 g/mol. The Morgan fingerprint density at radius 1 is 1.45 bits per heavy atom. The van der Waals surface area contributed by atoms with E-state index in [1.165, 1.54) is 0 Å². The summed E-state index contributed by atoms with van der Waals surface area (Å²) in [5.74, 6) is -0.243. The summed E-state index contributed by atoms with van der Waals surface area (Å²) < 4.78 is 10.6. The number of hydrogen-bond acceptors (Lipinski definition) is 5. The molecule has 7 nitrogen and oxygen atoms in total. The molecule has 1 aliphatic rings.